The lowest BCUT2D eigenvalue weighted by Crippen LogP contribution is -2.52. The zero-order chi connectivity index (χ0) is 27.1. The highest BCUT2D eigenvalue weighted by molar-refractivity contribution is 6.35. The van der Waals surface area contributed by atoms with E-state index in [4.69, 9.17) is 23.2 Å². The first-order valence-electron chi connectivity index (χ1n) is 12.6. The smallest absolute Gasteiger partial charge is 0.273 e. The maximum absolute atomic E-state index is 13.9. The van der Waals surface area contributed by atoms with Gasteiger partial charge in [-0.25, -0.2) is 0 Å². The number of benzene rings is 3. The van der Waals surface area contributed by atoms with Gasteiger partial charge in [0.1, 0.15) is 6.04 Å². The van der Waals surface area contributed by atoms with Crippen molar-refractivity contribution in [3.63, 3.8) is 0 Å². The molecule has 0 spiro atoms. The summed E-state index contributed by atoms with van der Waals surface area (Å²) in [4.78, 5) is 40.2. The molecule has 0 unspecified atom stereocenters. The second-order valence-electron chi connectivity index (χ2n) is 9.52. The summed E-state index contributed by atoms with van der Waals surface area (Å²) in [6.07, 6.45) is 3.95. The quantitative estimate of drug-likeness (QED) is 0.241. The number of nitro benzene ring substituents is 1. The fourth-order valence-electron chi connectivity index (χ4n) is 4.86. The molecule has 1 N–H and O–H groups in total. The topological polar surface area (TPSA) is 92.6 Å². The van der Waals surface area contributed by atoms with Gasteiger partial charge >= 0.3 is 0 Å². The Bertz CT molecular complexity index is 1300. The van der Waals surface area contributed by atoms with Crippen molar-refractivity contribution in [2.75, 3.05) is 0 Å². The Morgan fingerprint density at radius 2 is 1.66 bits per heavy atom. The molecule has 1 fully saturated rings. The highest BCUT2D eigenvalue weighted by Gasteiger charge is 2.33. The minimum absolute atomic E-state index is 0.0467. The average Bonchev–Trinajstić information content (AvgIpc) is 3.41. The van der Waals surface area contributed by atoms with Gasteiger partial charge in [0.2, 0.25) is 11.8 Å². The number of amides is 2. The Morgan fingerprint density at radius 1 is 0.974 bits per heavy atom. The lowest BCUT2D eigenvalue weighted by molar-refractivity contribution is -0.385. The van der Waals surface area contributed by atoms with Gasteiger partial charge < -0.3 is 10.2 Å². The molecule has 38 heavy (non-hydrogen) atoms. The molecule has 198 valence electrons. The van der Waals surface area contributed by atoms with Gasteiger partial charge in [0, 0.05) is 40.7 Å². The fraction of sp³-hybridized carbons (Fsp3) is 0.310. The molecular weight excluding hydrogens is 525 g/mol. The predicted molar refractivity (Wildman–Crippen MR) is 148 cm³/mol. The first-order valence-corrected chi connectivity index (χ1v) is 13.4. The molecule has 0 aliphatic heterocycles. The van der Waals surface area contributed by atoms with Crippen LogP contribution >= 0.6 is 23.2 Å². The average molecular weight is 554 g/mol. The third-order valence-corrected chi connectivity index (χ3v) is 7.45. The molecule has 1 aliphatic carbocycles. The molecule has 4 rings (SSSR count). The molecule has 3 aromatic rings. The summed E-state index contributed by atoms with van der Waals surface area (Å²) in [5.74, 6) is -0.658. The van der Waals surface area contributed by atoms with Crippen LogP contribution in [0.15, 0.2) is 72.8 Å². The number of carbonyl (C=O) groups excluding carboxylic acids is 2. The normalized spacial score (nSPS) is 14.2. The van der Waals surface area contributed by atoms with Crippen LogP contribution in [0, 0.1) is 10.1 Å². The number of rotatable bonds is 10. The second-order valence-corrected chi connectivity index (χ2v) is 10.4. The van der Waals surface area contributed by atoms with Gasteiger partial charge in [0.05, 0.1) is 11.3 Å². The third kappa shape index (κ3) is 7.11. The van der Waals surface area contributed by atoms with Gasteiger partial charge in [-0.15, -0.1) is 0 Å². The molecule has 0 radical (unpaired) electrons. The second kappa shape index (κ2) is 12.9. The van der Waals surface area contributed by atoms with Gasteiger partial charge in [0.25, 0.3) is 5.69 Å². The number of halogens is 2. The van der Waals surface area contributed by atoms with Crippen molar-refractivity contribution in [1.82, 2.24) is 10.2 Å². The van der Waals surface area contributed by atoms with E-state index < -0.39 is 16.9 Å². The van der Waals surface area contributed by atoms with Crippen molar-refractivity contribution in [2.24, 2.45) is 0 Å². The number of nitrogens with zero attached hydrogens (tertiary/aromatic N) is 2. The van der Waals surface area contributed by atoms with E-state index in [1.807, 2.05) is 30.3 Å². The van der Waals surface area contributed by atoms with E-state index in [0.717, 1.165) is 31.2 Å². The Morgan fingerprint density at radius 3 is 2.34 bits per heavy atom. The Hall–Kier alpha value is -3.42. The van der Waals surface area contributed by atoms with Crippen LogP contribution < -0.4 is 5.32 Å². The number of hydrogen-bond acceptors (Lipinski definition) is 4. The van der Waals surface area contributed by atoms with Crippen molar-refractivity contribution < 1.29 is 14.5 Å². The predicted octanol–water partition coefficient (Wildman–Crippen LogP) is 6.14. The Labute approximate surface area is 231 Å². The zero-order valence-electron chi connectivity index (χ0n) is 20.8. The summed E-state index contributed by atoms with van der Waals surface area (Å²) in [6, 6.07) is 19.9. The van der Waals surface area contributed by atoms with Crippen molar-refractivity contribution >= 4 is 40.7 Å². The third-order valence-electron chi connectivity index (χ3n) is 6.86. The summed E-state index contributed by atoms with van der Waals surface area (Å²) < 4.78 is 0. The minimum atomic E-state index is -0.847. The number of para-hydroxylation sites is 1. The summed E-state index contributed by atoms with van der Waals surface area (Å²) in [7, 11) is 0. The monoisotopic (exact) mass is 553 g/mol. The number of carbonyl (C=O) groups is 2. The summed E-state index contributed by atoms with van der Waals surface area (Å²) >= 11 is 12.6. The van der Waals surface area contributed by atoms with Crippen molar-refractivity contribution in [3.8, 4) is 0 Å². The first kappa shape index (κ1) is 27.6. The van der Waals surface area contributed by atoms with Crippen LogP contribution in [-0.2, 0) is 29.0 Å². The van der Waals surface area contributed by atoms with Crippen LogP contribution in [0.4, 0.5) is 5.69 Å². The van der Waals surface area contributed by atoms with E-state index in [9.17, 15) is 19.7 Å². The summed E-state index contributed by atoms with van der Waals surface area (Å²) in [5, 5.41) is 15.6. The van der Waals surface area contributed by atoms with E-state index in [2.05, 4.69) is 5.32 Å². The number of nitrogens with one attached hydrogen (secondary N) is 1. The largest absolute Gasteiger partial charge is 0.352 e. The summed E-state index contributed by atoms with van der Waals surface area (Å²) in [6.45, 7) is 0.0467. The van der Waals surface area contributed by atoms with Crippen LogP contribution in [0.5, 0.6) is 0 Å². The SMILES string of the molecule is O=C(NC1CCCC1)[C@@H](Cc1ccccc1)N(Cc1ccc(Cl)cc1Cl)C(=O)Cc1ccccc1[N+](=O)[O-]. The molecular formula is C29H29Cl2N3O4. The molecule has 0 bridgehead atoms. The molecule has 1 saturated carbocycles. The molecule has 2 amide bonds. The van der Waals surface area contributed by atoms with E-state index in [1.54, 1.807) is 36.4 Å². The van der Waals surface area contributed by atoms with Crippen LogP contribution in [0.3, 0.4) is 0 Å². The molecule has 7 nitrogen and oxygen atoms in total. The van der Waals surface area contributed by atoms with E-state index in [1.165, 1.54) is 11.0 Å². The van der Waals surface area contributed by atoms with Crippen LogP contribution in [-0.4, -0.2) is 33.7 Å². The highest BCUT2D eigenvalue weighted by Crippen LogP contribution is 2.26. The van der Waals surface area contributed by atoms with Crippen LogP contribution in [0.2, 0.25) is 10.0 Å². The number of hydrogen-bond donors (Lipinski definition) is 1. The van der Waals surface area contributed by atoms with E-state index in [0.29, 0.717) is 15.6 Å². The van der Waals surface area contributed by atoms with Gasteiger partial charge in [-0.05, 0) is 36.1 Å². The standard InChI is InChI=1S/C29H29Cl2N3O4/c30-23-15-14-22(25(31)18-23)19-33(28(35)17-21-10-4-7-13-26(21)34(37)38)27(16-20-8-2-1-3-9-20)29(36)32-24-11-5-6-12-24/h1-4,7-10,13-15,18,24,27H,5-6,11-12,16-17,19H2,(H,32,36)/t27-/m1/s1. The molecule has 3 aromatic carbocycles. The van der Waals surface area contributed by atoms with Gasteiger partial charge in [-0.3, -0.25) is 19.7 Å². The van der Waals surface area contributed by atoms with Gasteiger partial charge in [-0.1, -0.05) is 90.6 Å². The van der Waals surface area contributed by atoms with Crippen molar-refractivity contribution in [1.29, 1.82) is 0 Å². The molecule has 0 heterocycles. The molecule has 9 heteroatoms. The van der Waals surface area contributed by atoms with Crippen LogP contribution in [0.25, 0.3) is 0 Å². The Kier molecular flexibility index (Phi) is 9.37. The minimum Gasteiger partial charge on any atom is -0.352 e. The fourth-order valence-corrected chi connectivity index (χ4v) is 5.33. The lowest BCUT2D eigenvalue weighted by Gasteiger charge is -2.32. The van der Waals surface area contributed by atoms with Gasteiger partial charge in [0.15, 0.2) is 0 Å². The lowest BCUT2D eigenvalue weighted by atomic mass is 10.0. The van der Waals surface area contributed by atoms with Crippen molar-refractivity contribution in [3.05, 3.63) is 110 Å². The van der Waals surface area contributed by atoms with E-state index >= 15 is 0 Å². The Balaban J connectivity index is 1.71. The first-order chi connectivity index (χ1) is 18.3. The van der Waals surface area contributed by atoms with Crippen molar-refractivity contribution in [2.45, 2.75) is 57.2 Å². The zero-order valence-corrected chi connectivity index (χ0v) is 22.3. The molecule has 0 saturated heterocycles. The highest BCUT2D eigenvalue weighted by atomic mass is 35.5. The molecule has 1 atom stereocenters. The number of nitro groups is 1. The molecule has 0 aromatic heterocycles. The van der Waals surface area contributed by atoms with Gasteiger partial charge in [-0.2, -0.15) is 0 Å². The molecule has 1 aliphatic rings. The maximum Gasteiger partial charge on any atom is 0.273 e. The van der Waals surface area contributed by atoms with Crippen LogP contribution in [0.1, 0.15) is 42.4 Å². The van der Waals surface area contributed by atoms with E-state index in [-0.39, 0.29) is 42.6 Å². The maximum atomic E-state index is 13.9. The summed E-state index contributed by atoms with van der Waals surface area (Å²) in [5.41, 5.74) is 1.66.